The zero-order valence-corrected chi connectivity index (χ0v) is 15.1. The predicted octanol–water partition coefficient (Wildman–Crippen LogP) is 3.28. The Labute approximate surface area is 145 Å². The van der Waals surface area contributed by atoms with Gasteiger partial charge in [-0.05, 0) is 39.3 Å². The van der Waals surface area contributed by atoms with Crippen LogP contribution < -0.4 is 10.4 Å². The number of carbonyl (C=O) groups excluding carboxylic acids is 1. The van der Waals surface area contributed by atoms with Crippen LogP contribution in [0.15, 0.2) is 27.4 Å². The summed E-state index contributed by atoms with van der Waals surface area (Å²) in [6.45, 7) is 9.54. The number of fused-ring (bicyclic) bond motifs is 3. The SMILES string of the molecule is Cc1cccc2oc(=O)c3c(c12)O[C@@H](C)[C@@]3(C)CC(=O)[C@@H]1OC1(C)C. The molecule has 1 fully saturated rings. The summed E-state index contributed by atoms with van der Waals surface area (Å²) in [4.78, 5) is 25.4. The van der Waals surface area contributed by atoms with Crippen LogP contribution in [0.25, 0.3) is 11.0 Å². The van der Waals surface area contributed by atoms with Gasteiger partial charge in [-0.25, -0.2) is 4.79 Å². The number of Topliss-reactive ketones (excluding diaryl/α,β-unsaturated/α-hetero) is 1. The lowest BCUT2D eigenvalue weighted by Crippen LogP contribution is -2.39. The van der Waals surface area contributed by atoms with Crippen molar-refractivity contribution in [2.24, 2.45) is 0 Å². The summed E-state index contributed by atoms with van der Waals surface area (Å²) in [5.41, 5.74) is 0.386. The molecule has 5 heteroatoms. The molecule has 25 heavy (non-hydrogen) atoms. The lowest BCUT2D eigenvalue weighted by Gasteiger charge is -2.26. The molecule has 0 radical (unpaired) electrons. The Morgan fingerprint density at radius 1 is 1.24 bits per heavy atom. The number of epoxide rings is 1. The molecule has 1 saturated heterocycles. The molecule has 132 valence electrons. The lowest BCUT2D eigenvalue weighted by molar-refractivity contribution is -0.122. The fourth-order valence-corrected chi connectivity index (χ4v) is 3.92. The largest absolute Gasteiger partial charge is 0.488 e. The number of benzene rings is 1. The highest BCUT2D eigenvalue weighted by molar-refractivity contribution is 5.91. The third kappa shape index (κ3) is 2.25. The molecule has 3 heterocycles. The van der Waals surface area contributed by atoms with E-state index in [-0.39, 0.29) is 18.3 Å². The number of ketones is 1. The first kappa shape index (κ1) is 16.3. The van der Waals surface area contributed by atoms with Crippen LogP contribution in [-0.4, -0.2) is 23.6 Å². The highest BCUT2D eigenvalue weighted by Crippen LogP contribution is 2.49. The summed E-state index contributed by atoms with van der Waals surface area (Å²) in [5.74, 6) is 0.559. The molecular weight excluding hydrogens is 320 g/mol. The molecule has 0 aliphatic carbocycles. The molecule has 0 spiro atoms. The molecule has 2 aliphatic heterocycles. The normalized spacial score (nSPS) is 29.3. The number of hydrogen-bond acceptors (Lipinski definition) is 5. The van der Waals surface area contributed by atoms with E-state index < -0.39 is 22.7 Å². The topological polar surface area (TPSA) is 69.0 Å². The van der Waals surface area contributed by atoms with Crippen molar-refractivity contribution < 1.29 is 18.7 Å². The molecular formula is C20H22O5. The summed E-state index contributed by atoms with van der Waals surface area (Å²) in [7, 11) is 0. The lowest BCUT2D eigenvalue weighted by atomic mass is 9.75. The minimum absolute atomic E-state index is 0.0000746. The quantitative estimate of drug-likeness (QED) is 0.632. The van der Waals surface area contributed by atoms with Crippen molar-refractivity contribution in [1.29, 1.82) is 0 Å². The molecule has 0 unspecified atom stereocenters. The van der Waals surface area contributed by atoms with Gasteiger partial charge < -0.3 is 13.9 Å². The van der Waals surface area contributed by atoms with Gasteiger partial charge >= 0.3 is 5.63 Å². The first-order valence-electron chi connectivity index (χ1n) is 8.59. The van der Waals surface area contributed by atoms with Crippen LogP contribution >= 0.6 is 0 Å². The highest BCUT2D eigenvalue weighted by Gasteiger charge is 2.56. The van der Waals surface area contributed by atoms with Crippen molar-refractivity contribution in [3.63, 3.8) is 0 Å². The van der Waals surface area contributed by atoms with Gasteiger partial charge in [0.15, 0.2) is 5.78 Å². The smallest absolute Gasteiger partial charge is 0.343 e. The molecule has 0 bridgehead atoms. The molecule has 0 amide bonds. The molecule has 1 aromatic heterocycles. The third-order valence-corrected chi connectivity index (χ3v) is 5.69. The Balaban J connectivity index is 1.84. The van der Waals surface area contributed by atoms with Gasteiger partial charge in [0.25, 0.3) is 0 Å². The van der Waals surface area contributed by atoms with Crippen molar-refractivity contribution in [3.8, 4) is 5.75 Å². The van der Waals surface area contributed by atoms with Crippen LogP contribution in [0, 0.1) is 6.92 Å². The fourth-order valence-electron chi connectivity index (χ4n) is 3.92. The van der Waals surface area contributed by atoms with E-state index in [1.165, 1.54) is 0 Å². The minimum atomic E-state index is -0.731. The van der Waals surface area contributed by atoms with E-state index in [0.29, 0.717) is 16.9 Å². The summed E-state index contributed by atoms with van der Waals surface area (Å²) in [5, 5.41) is 0.808. The van der Waals surface area contributed by atoms with E-state index in [4.69, 9.17) is 13.9 Å². The van der Waals surface area contributed by atoms with Gasteiger partial charge in [0, 0.05) is 11.8 Å². The number of carbonyl (C=O) groups is 1. The number of aryl methyl sites for hydroxylation is 1. The predicted molar refractivity (Wildman–Crippen MR) is 93.2 cm³/mol. The number of hydrogen-bond donors (Lipinski definition) is 0. The van der Waals surface area contributed by atoms with Crippen LogP contribution in [0.5, 0.6) is 5.75 Å². The Hall–Kier alpha value is -2.14. The van der Waals surface area contributed by atoms with Gasteiger partial charge in [0.2, 0.25) is 0 Å². The Bertz CT molecular complexity index is 954. The third-order valence-electron chi connectivity index (χ3n) is 5.69. The van der Waals surface area contributed by atoms with Crippen molar-refractivity contribution in [1.82, 2.24) is 0 Å². The van der Waals surface area contributed by atoms with Gasteiger partial charge in [-0.2, -0.15) is 0 Å². The van der Waals surface area contributed by atoms with Crippen LogP contribution in [-0.2, 0) is 14.9 Å². The van der Waals surface area contributed by atoms with Crippen molar-refractivity contribution in [2.45, 2.75) is 64.3 Å². The van der Waals surface area contributed by atoms with Crippen LogP contribution in [0.4, 0.5) is 0 Å². The first-order chi connectivity index (χ1) is 11.6. The summed E-state index contributed by atoms with van der Waals surface area (Å²) in [6.07, 6.45) is -0.520. The second kappa shape index (κ2) is 4.94. The van der Waals surface area contributed by atoms with Gasteiger partial charge in [0.1, 0.15) is 23.5 Å². The minimum Gasteiger partial charge on any atom is -0.488 e. The molecule has 3 atom stereocenters. The van der Waals surface area contributed by atoms with E-state index in [1.807, 2.05) is 46.8 Å². The maximum absolute atomic E-state index is 12.7. The Kier molecular flexibility index (Phi) is 3.23. The molecule has 4 rings (SSSR count). The molecule has 2 aromatic rings. The summed E-state index contributed by atoms with van der Waals surface area (Å²) in [6, 6.07) is 5.57. The fraction of sp³-hybridized carbons (Fsp3) is 0.500. The highest BCUT2D eigenvalue weighted by atomic mass is 16.6. The van der Waals surface area contributed by atoms with Gasteiger partial charge in [-0.3, -0.25) is 4.79 Å². The van der Waals surface area contributed by atoms with Gasteiger partial charge in [0.05, 0.1) is 16.6 Å². The van der Waals surface area contributed by atoms with Crippen LogP contribution in [0.3, 0.4) is 0 Å². The first-order valence-corrected chi connectivity index (χ1v) is 8.59. The van der Waals surface area contributed by atoms with E-state index in [1.54, 1.807) is 6.07 Å². The van der Waals surface area contributed by atoms with Crippen molar-refractivity contribution in [2.75, 3.05) is 0 Å². The Morgan fingerprint density at radius 2 is 1.92 bits per heavy atom. The molecule has 5 nitrogen and oxygen atoms in total. The van der Waals surface area contributed by atoms with E-state index in [2.05, 4.69) is 0 Å². The summed E-state index contributed by atoms with van der Waals surface area (Å²) < 4.78 is 17.1. The Morgan fingerprint density at radius 3 is 2.56 bits per heavy atom. The maximum atomic E-state index is 12.7. The zero-order valence-electron chi connectivity index (χ0n) is 15.1. The molecule has 1 aromatic carbocycles. The standard InChI is InChI=1S/C20H22O5/c1-10-7-6-8-13-14(10)16-15(18(22)24-13)20(5,11(2)23-16)9-12(21)17-19(3,4)25-17/h6-8,11,17H,9H2,1-5H3/t11-,17-,20+/m0/s1. The van der Waals surface area contributed by atoms with Gasteiger partial charge in [-0.1, -0.05) is 19.1 Å². The zero-order chi connectivity index (χ0) is 18.1. The second-order valence-corrected chi connectivity index (χ2v) is 7.96. The average Bonchev–Trinajstić information content (AvgIpc) is 3.07. The molecule has 0 saturated carbocycles. The summed E-state index contributed by atoms with van der Waals surface area (Å²) >= 11 is 0. The van der Waals surface area contributed by atoms with Crippen LogP contribution in [0.2, 0.25) is 0 Å². The van der Waals surface area contributed by atoms with E-state index >= 15 is 0 Å². The maximum Gasteiger partial charge on any atom is 0.343 e. The van der Waals surface area contributed by atoms with Crippen molar-refractivity contribution >= 4 is 16.8 Å². The number of ether oxygens (including phenoxy) is 2. The van der Waals surface area contributed by atoms with E-state index in [9.17, 15) is 9.59 Å². The average molecular weight is 342 g/mol. The molecule has 0 N–H and O–H groups in total. The number of rotatable bonds is 3. The van der Waals surface area contributed by atoms with E-state index in [0.717, 1.165) is 10.9 Å². The second-order valence-electron chi connectivity index (χ2n) is 7.96. The van der Waals surface area contributed by atoms with Crippen molar-refractivity contribution in [3.05, 3.63) is 39.7 Å². The van der Waals surface area contributed by atoms with Gasteiger partial charge in [-0.15, -0.1) is 0 Å². The monoisotopic (exact) mass is 342 g/mol. The molecule has 2 aliphatic rings. The van der Waals surface area contributed by atoms with Crippen LogP contribution in [0.1, 0.15) is 45.2 Å².